The van der Waals surface area contributed by atoms with E-state index < -0.39 is 105 Å². The molecule has 3 aliphatic heterocycles. The van der Waals surface area contributed by atoms with Crippen molar-refractivity contribution in [3.8, 4) is 0 Å². The zero-order chi connectivity index (χ0) is 29.4. The van der Waals surface area contributed by atoms with E-state index in [4.69, 9.17) is 46.0 Å². The van der Waals surface area contributed by atoms with Crippen molar-refractivity contribution < 1.29 is 125 Å². The quantitative estimate of drug-likeness (QED) is 0.127. The van der Waals surface area contributed by atoms with E-state index in [1.54, 1.807) is 0 Å². The average molecular weight is 694 g/mol. The molecule has 3 aliphatic carbocycles. The van der Waals surface area contributed by atoms with Gasteiger partial charge in [-0.1, -0.05) is 0 Å². The van der Waals surface area contributed by atoms with Crippen LogP contribution >= 0.6 is 0 Å². The molecule has 0 saturated carbocycles. The van der Waals surface area contributed by atoms with Crippen molar-refractivity contribution in [1.82, 2.24) is 0 Å². The number of ether oxygens (including phenoxy) is 3. The van der Waals surface area contributed by atoms with Gasteiger partial charge < -0.3 is 89.9 Å². The molecule has 6 aliphatic rings. The van der Waals surface area contributed by atoms with Crippen LogP contribution in [0, 0.1) is 35.6 Å². The minimum absolute atomic E-state index is 0. The summed E-state index contributed by atoms with van der Waals surface area (Å²) in [7, 11) is 0. The van der Waals surface area contributed by atoms with Gasteiger partial charge in [0.2, 0.25) is 0 Å². The maximum atomic E-state index is 10.5. The molecule has 0 aromatic heterocycles. The van der Waals surface area contributed by atoms with Crippen LogP contribution < -0.4 is 15.3 Å². The summed E-state index contributed by atoms with van der Waals surface area (Å²) in [5.74, 6) is -11.2. The number of rotatable bonds is 3. The first-order chi connectivity index (χ1) is 18.0. The maximum Gasteiger partial charge on any atom is 3.00 e. The molecule has 6 rings (SSSR count). The fraction of sp³-hybridized carbons (Fsp3) is 0.286. The summed E-state index contributed by atoms with van der Waals surface area (Å²) in [6.45, 7) is 0. The predicted molar refractivity (Wildman–Crippen MR) is 107 cm³/mol. The van der Waals surface area contributed by atoms with Crippen LogP contribution in [0.5, 0.6) is 0 Å². The fourth-order valence-electron chi connectivity index (χ4n) is 3.81. The Morgan fingerprint density at radius 2 is 0.725 bits per heavy atom. The number of aliphatic hydroxyl groups excluding tert-OH is 9. The number of carboxylic acid groups (broad SMARTS) is 3. The molecule has 0 aromatic rings. The number of epoxide rings is 3. The molecule has 6 atom stereocenters. The first-order valence-corrected chi connectivity index (χ1v) is 10.3. The third-order valence-corrected chi connectivity index (χ3v) is 6.15. The third kappa shape index (κ3) is 4.41. The first kappa shape index (κ1) is 30.7. The van der Waals surface area contributed by atoms with Gasteiger partial charge in [0, 0.05) is 18.2 Å². The van der Waals surface area contributed by atoms with E-state index >= 15 is 0 Å². The molecule has 6 unspecified atom stereocenters. The molecule has 3 heterocycles. The Labute approximate surface area is 247 Å². The number of carbonyl (C=O) groups excluding carboxylic acids is 3. The summed E-state index contributed by atoms with van der Waals surface area (Å²) in [4.78, 5) is 31.5. The van der Waals surface area contributed by atoms with Crippen LogP contribution in [0.3, 0.4) is 0 Å². The summed E-state index contributed by atoms with van der Waals surface area (Å²) in [5, 5.41) is 113. The molecular weight excluding hydrogens is 679 g/mol. The van der Waals surface area contributed by atoms with Crippen LogP contribution in [0.1, 0.15) is 0 Å². The minimum atomic E-state index is -1.81. The largest absolute Gasteiger partial charge is 3.00 e. The van der Waals surface area contributed by atoms with Crippen molar-refractivity contribution in [2.45, 2.75) is 35.1 Å². The van der Waals surface area contributed by atoms with Crippen molar-refractivity contribution in [2.75, 3.05) is 0 Å². The molecule has 0 bridgehead atoms. The monoisotopic (exact) mass is 694 g/mol. The van der Waals surface area contributed by atoms with Gasteiger partial charge in [0.1, 0.15) is 0 Å². The van der Waals surface area contributed by atoms with E-state index in [1.807, 2.05) is 0 Å². The number of aliphatic carboxylic acids is 3. The van der Waals surface area contributed by atoms with Crippen molar-refractivity contribution >= 4 is 17.9 Å². The van der Waals surface area contributed by atoms with E-state index in [1.165, 1.54) is 0 Å². The number of fused-ring (bicyclic) bond motifs is 3. The second-order valence-electron chi connectivity index (χ2n) is 8.53. The van der Waals surface area contributed by atoms with E-state index in [0.29, 0.717) is 0 Å². The molecular formula is C21H15LaO18. The van der Waals surface area contributed by atoms with Gasteiger partial charge in [-0.25, -0.2) is 0 Å². The molecule has 19 heteroatoms. The summed E-state index contributed by atoms with van der Waals surface area (Å²) in [6, 6.07) is 0. The SMILES string of the molecule is O=C([O-])C12C=C(O)C(O)=C(O)C1O2.O=C([O-])C12C=C(O)C(O)=C(O)C1O2.O=C([O-])C12C=C(O)C(O)=C(O)C1O2.[La+3]. The standard InChI is InChI=1S/3C7H6O6.La/c3*8-2-1-7(6(11)12)5(13-7)4(10)3(2)9;/h3*1,5,8-10H,(H,11,12);/q;;;+3/p-3. The first-order valence-electron chi connectivity index (χ1n) is 10.3. The summed E-state index contributed by atoms with van der Waals surface area (Å²) < 4.78 is 13.8. The molecule has 0 radical (unpaired) electrons. The van der Waals surface area contributed by atoms with Gasteiger partial charge in [0.15, 0.2) is 86.9 Å². The molecule has 0 amide bonds. The smallest absolute Gasteiger partial charge is 0.547 e. The normalized spacial score (nSPS) is 35.7. The fourth-order valence-corrected chi connectivity index (χ4v) is 3.81. The van der Waals surface area contributed by atoms with Gasteiger partial charge in [-0.2, -0.15) is 0 Å². The Morgan fingerprint density at radius 1 is 0.525 bits per heavy atom. The van der Waals surface area contributed by atoms with E-state index in [0.717, 1.165) is 18.2 Å². The van der Waals surface area contributed by atoms with Crippen LogP contribution in [-0.4, -0.2) is 99.0 Å². The molecule has 9 N–H and O–H groups in total. The van der Waals surface area contributed by atoms with Crippen molar-refractivity contribution in [1.29, 1.82) is 0 Å². The van der Waals surface area contributed by atoms with Crippen molar-refractivity contribution in [2.24, 2.45) is 0 Å². The topological polar surface area (TPSA) is 340 Å². The number of hydrogen-bond acceptors (Lipinski definition) is 18. The van der Waals surface area contributed by atoms with Crippen LogP contribution in [-0.2, 0) is 28.6 Å². The number of hydrogen-bond donors (Lipinski definition) is 9. The zero-order valence-electron chi connectivity index (χ0n) is 19.2. The summed E-state index contributed by atoms with van der Waals surface area (Å²) in [5.41, 5.74) is -5.42. The summed E-state index contributed by atoms with van der Waals surface area (Å²) >= 11 is 0. The molecule has 40 heavy (non-hydrogen) atoms. The molecule has 210 valence electrons. The number of aliphatic hydroxyl groups is 9. The van der Waals surface area contributed by atoms with Crippen molar-refractivity contribution in [3.05, 3.63) is 70.1 Å². The van der Waals surface area contributed by atoms with Gasteiger partial charge in [-0.3, -0.25) is 0 Å². The Bertz CT molecular complexity index is 1240. The van der Waals surface area contributed by atoms with Crippen molar-refractivity contribution in [3.63, 3.8) is 0 Å². The molecule has 3 fully saturated rings. The third-order valence-electron chi connectivity index (χ3n) is 6.15. The minimum Gasteiger partial charge on any atom is -0.547 e. The predicted octanol–water partition coefficient (Wildman–Crippen LogP) is -4.03. The van der Waals surface area contributed by atoms with Gasteiger partial charge in [0.25, 0.3) is 0 Å². The summed E-state index contributed by atoms with van der Waals surface area (Å²) in [6.07, 6.45) is -1.05. The second kappa shape index (κ2) is 9.64. The van der Waals surface area contributed by atoms with E-state index in [9.17, 15) is 29.7 Å². The van der Waals surface area contributed by atoms with Gasteiger partial charge in [0.05, 0.1) is 17.9 Å². The zero-order valence-corrected chi connectivity index (χ0v) is 22.9. The maximum absolute atomic E-state index is 10.5. The van der Waals surface area contributed by atoms with Crippen LogP contribution in [0.4, 0.5) is 0 Å². The van der Waals surface area contributed by atoms with Crippen LogP contribution in [0.25, 0.3) is 0 Å². The number of carbonyl (C=O) groups is 3. The number of carboxylic acids is 3. The Morgan fingerprint density at radius 3 is 0.900 bits per heavy atom. The average Bonchev–Trinajstić information content (AvgIpc) is 3.75. The van der Waals surface area contributed by atoms with Gasteiger partial charge in [-0.05, 0) is 0 Å². The van der Waals surface area contributed by atoms with E-state index in [-0.39, 0.29) is 35.6 Å². The molecule has 18 nitrogen and oxygen atoms in total. The van der Waals surface area contributed by atoms with Crippen LogP contribution in [0.2, 0.25) is 0 Å². The second-order valence-corrected chi connectivity index (χ2v) is 8.53. The van der Waals surface area contributed by atoms with Crippen LogP contribution in [0.15, 0.2) is 70.1 Å². The van der Waals surface area contributed by atoms with Gasteiger partial charge >= 0.3 is 35.6 Å². The Balaban J connectivity index is 0.000000163. The molecule has 3 saturated heterocycles. The Kier molecular flexibility index (Phi) is 7.39. The van der Waals surface area contributed by atoms with E-state index in [2.05, 4.69) is 14.2 Å². The Hall–Kier alpha value is -3.88. The molecule has 0 aromatic carbocycles. The molecule has 0 spiro atoms. The van der Waals surface area contributed by atoms with Gasteiger partial charge in [-0.15, -0.1) is 0 Å².